The molecule has 33 heavy (non-hydrogen) atoms. The maximum atomic E-state index is 13.7. The van der Waals surface area contributed by atoms with Crippen LogP contribution in [0.2, 0.25) is 5.02 Å². The number of fused-ring (bicyclic) bond motifs is 2. The van der Waals surface area contributed by atoms with Gasteiger partial charge >= 0.3 is 6.03 Å². The van der Waals surface area contributed by atoms with Crippen molar-refractivity contribution in [3.63, 3.8) is 0 Å². The number of anilines is 2. The molecule has 2 heterocycles. The summed E-state index contributed by atoms with van der Waals surface area (Å²) >= 11 is 6.14. The highest BCUT2D eigenvalue weighted by molar-refractivity contribution is 7.89. The molecule has 8 nitrogen and oxygen atoms in total. The molecular weight excluding hydrogens is 471 g/mol. The van der Waals surface area contributed by atoms with Crippen molar-refractivity contribution in [3.05, 3.63) is 46.7 Å². The normalized spacial score (nSPS) is 22.8. The van der Waals surface area contributed by atoms with E-state index in [4.69, 9.17) is 11.6 Å². The van der Waals surface area contributed by atoms with Gasteiger partial charge < -0.3 is 20.6 Å². The van der Waals surface area contributed by atoms with Crippen molar-refractivity contribution in [1.82, 2.24) is 9.62 Å². The molecule has 2 aromatic rings. The number of nitrogens with one attached hydrogen (secondary N) is 3. The maximum Gasteiger partial charge on any atom is 0.323 e. The van der Waals surface area contributed by atoms with Gasteiger partial charge in [0, 0.05) is 29.4 Å². The Morgan fingerprint density at radius 2 is 1.76 bits per heavy atom. The summed E-state index contributed by atoms with van der Waals surface area (Å²) in [4.78, 5) is 14.2. The van der Waals surface area contributed by atoms with E-state index in [1.165, 1.54) is 37.3 Å². The summed E-state index contributed by atoms with van der Waals surface area (Å²) in [6.45, 7) is 1.51. The minimum absolute atomic E-state index is 0.144. The van der Waals surface area contributed by atoms with Crippen molar-refractivity contribution in [2.45, 2.75) is 55.6 Å². The summed E-state index contributed by atoms with van der Waals surface area (Å²) in [7, 11) is -2.10. The van der Waals surface area contributed by atoms with Crippen molar-refractivity contribution in [2.24, 2.45) is 0 Å². The molecule has 2 atom stereocenters. The van der Waals surface area contributed by atoms with E-state index in [9.17, 15) is 22.7 Å². The van der Waals surface area contributed by atoms with Crippen LogP contribution in [0, 0.1) is 12.7 Å². The fourth-order valence-corrected chi connectivity index (χ4v) is 6.60. The first-order valence-corrected chi connectivity index (χ1v) is 12.5. The zero-order valence-corrected chi connectivity index (χ0v) is 19.8. The molecule has 4 N–H and O–H groups in total. The smallest absolute Gasteiger partial charge is 0.323 e. The molecule has 0 unspecified atom stereocenters. The molecule has 4 rings (SSSR count). The van der Waals surface area contributed by atoms with Crippen LogP contribution in [-0.4, -0.2) is 49.6 Å². The average Bonchev–Trinajstić information content (AvgIpc) is 2.94. The number of benzene rings is 2. The quantitative estimate of drug-likeness (QED) is 0.467. The Bertz CT molecular complexity index is 1180. The van der Waals surface area contributed by atoms with E-state index in [0.29, 0.717) is 24.9 Å². The molecule has 11 heteroatoms. The van der Waals surface area contributed by atoms with Crippen LogP contribution < -0.4 is 15.4 Å². The number of carbonyl (C=O) groups excluding carboxylic acids is 1. The molecule has 0 saturated carbocycles. The third-order valence-electron chi connectivity index (χ3n) is 6.54. The molecule has 2 aliphatic rings. The lowest BCUT2D eigenvalue weighted by Gasteiger charge is -2.36. The van der Waals surface area contributed by atoms with Crippen LogP contribution in [0.3, 0.4) is 0 Å². The predicted molar refractivity (Wildman–Crippen MR) is 125 cm³/mol. The first-order chi connectivity index (χ1) is 15.6. The third kappa shape index (κ3) is 4.79. The Kier molecular flexibility index (Phi) is 6.54. The van der Waals surface area contributed by atoms with Crippen molar-refractivity contribution < 1.29 is 22.7 Å². The van der Waals surface area contributed by atoms with Crippen molar-refractivity contribution >= 4 is 39.0 Å². The van der Waals surface area contributed by atoms with Crippen LogP contribution in [0.4, 0.5) is 20.6 Å². The zero-order valence-electron chi connectivity index (χ0n) is 18.2. The van der Waals surface area contributed by atoms with Crippen LogP contribution in [-0.2, 0) is 10.0 Å². The summed E-state index contributed by atoms with van der Waals surface area (Å²) in [5.74, 6) is -1.15. The van der Waals surface area contributed by atoms with E-state index in [2.05, 4.69) is 27.3 Å². The average molecular weight is 497 g/mol. The van der Waals surface area contributed by atoms with Crippen molar-refractivity contribution in [2.75, 3.05) is 17.7 Å². The van der Waals surface area contributed by atoms with Gasteiger partial charge in [-0.2, -0.15) is 0 Å². The van der Waals surface area contributed by atoms with Crippen LogP contribution >= 0.6 is 11.6 Å². The number of carbonyl (C=O) groups is 1. The lowest BCUT2D eigenvalue weighted by molar-refractivity contribution is 0.157. The number of sulfonamides is 1. The fraction of sp³-hybridized carbons (Fsp3) is 0.409. The largest absolute Gasteiger partial charge is 0.504 e. The molecule has 2 saturated heterocycles. The highest BCUT2D eigenvalue weighted by atomic mass is 35.5. The SMILES string of the molecule is Cc1c(F)cccc1NC(=O)Nc1ccc(Cl)c(S(=O)(=O)NC2C[C@@H]3CC[C@@H](C2)N3C)c1O. The second-order valence-corrected chi connectivity index (χ2v) is 10.7. The standard InChI is InChI=1S/C22H26ClFN4O4S/c1-12-17(24)4-3-5-18(12)25-22(30)26-19-9-8-16(23)21(20(19)29)33(31,32)27-13-10-14-6-7-15(11-13)28(14)2/h3-5,8-9,13-15,27,29H,6-7,10-11H2,1-2H3,(H2,25,26,30)/t14-,15-/m0/s1. The molecule has 2 fully saturated rings. The summed E-state index contributed by atoms with van der Waals surface area (Å²) < 4.78 is 42.7. The summed E-state index contributed by atoms with van der Waals surface area (Å²) in [6, 6.07) is 6.43. The van der Waals surface area contributed by atoms with Crippen LogP contribution in [0.25, 0.3) is 0 Å². The van der Waals surface area contributed by atoms with Gasteiger partial charge in [-0.15, -0.1) is 0 Å². The first-order valence-electron chi connectivity index (χ1n) is 10.7. The van der Waals surface area contributed by atoms with Gasteiger partial charge in [-0.1, -0.05) is 17.7 Å². The first kappa shape index (κ1) is 23.7. The topological polar surface area (TPSA) is 111 Å². The van der Waals surface area contributed by atoms with Crippen molar-refractivity contribution in [3.8, 4) is 5.75 Å². The Hall–Kier alpha value is -2.40. The lowest BCUT2D eigenvalue weighted by Crippen LogP contribution is -2.48. The highest BCUT2D eigenvalue weighted by Crippen LogP contribution is 2.39. The van der Waals surface area contributed by atoms with E-state index in [0.717, 1.165) is 12.8 Å². The summed E-state index contributed by atoms with van der Waals surface area (Å²) in [6.07, 6.45) is 3.42. The van der Waals surface area contributed by atoms with Gasteiger partial charge in [0.05, 0.1) is 10.7 Å². The molecule has 0 aliphatic carbocycles. The zero-order chi connectivity index (χ0) is 23.9. The molecule has 178 valence electrons. The number of aromatic hydroxyl groups is 1. The van der Waals surface area contributed by atoms with Gasteiger partial charge in [0.1, 0.15) is 10.7 Å². The summed E-state index contributed by atoms with van der Waals surface area (Å²) in [5.41, 5.74) is 0.342. The Balaban J connectivity index is 1.52. The van der Waals surface area contributed by atoms with Gasteiger partial charge in [0.15, 0.2) is 5.75 Å². The third-order valence-corrected chi connectivity index (χ3v) is 8.56. The minimum atomic E-state index is -4.16. The van der Waals surface area contributed by atoms with Gasteiger partial charge in [-0.3, -0.25) is 0 Å². The number of rotatable bonds is 5. The van der Waals surface area contributed by atoms with Gasteiger partial charge in [0.2, 0.25) is 10.0 Å². The van der Waals surface area contributed by atoms with Crippen LogP contribution in [0.5, 0.6) is 5.75 Å². The fourth-order valence-electron chi connectivity index (χ4n) is 4.71. The van der Waals surface area contributed by atoms with Gasteiger partial charge in [-0.05, 0) is 63.9 Å². The monoisotopic (exact) mass is 496 g/mol. The minimum Gasteiger partial charge on any atom is -0.504 e. The maximum absolute atomic E-state index is 13.7. The second-order valence-electron chi connectivity index (χ2n) is 8.60. The van der Waals surface area contributed by atoms with Crippen LogP contribution in [0.15, 0.2) is 35.2 Å². The second kappa shape index (κ2) is 9.09. The molecule has 0 aromatic heterocycles. The van der Waals surface area contributed by atoms with Crippen molar-refractivity contribution in [1.29, 1.82) is 0 Å². The Morgan fingerprint density at radius 3 is 2.42 bits per heavy atom. The number of phenols is 1. The number of hydrogen-bond donors (Lipinski definition) is 4. The molecular formula is C22H26ClFN4O4S. The summed E-state index contributed by atoms with van der Waals surface area (Å²) in [5, 5.41) is 15.4. The van der Waals surface area contributed by atoms with Gasteiger partial charge in [0.25, 0.3) is 0 Å². The number of halogens is 2. The Morgan fingerprint density at radius 1 is 1.12 bits per heavy atom. The number of hydrogen-bond acceptors (Lipinski definition) is 5. The number of urea groups is 1. The number of nitrogens with zero attached hydrogens (tertiary/aromatic N) is 1. The lowest BCUT2D eigenvalue weighted by atomic mass is 9.99. The van der Waals surface area contributed by atoms with Gasteiger partial charge in [-0.25, -0.2) is 22.3 Å². The Labute approximate surface area is 197 Å². The molecule has 2 amide bonds. The highest BCUT2D eigenvalue weighted by Gasteiger charge is 2.40. The molecule has 2 aromatic carbocycles. The number of piperidine rings is 1. The molecule has 2 aliphatic heterocycles. The molecule has 0 spiro atoms. The molecule has 2 bridgehead atoms. The van der Waals surface area contributed by atoms with E-state index >= 15 is 0 Å². The van der Waals surface area contributed by atoms with Crippen LogP contribution in [0.1, 0.15) is 31.2 Å². The molecule has 0 radical (unpaired) electrons. The van der Waals surface area contributed by atoms with E-state index in [1.807, 2.05) is 0 Å². The predicted octanol–water partition coefficient (Wildman–Crippen LogP) is 4.04. The van der Waals surface area contributed by atoms with E-state index in [-0.39, 0.29) is 28.0 Å². The van der Waals surface area contributed by atoms with E-state index < -0.39 is 32.5 Å². The number of amides is 2. The number of phenolic OH excluding ortho intramolecular Hbond substituents is 1. The van der Waals surface area contributed by atoms with E-state index in [1.54, 1.807) is 0 Å².